The van der Waals surface area contributed by atoms with Gasteiger partial charge in [-0.2, -0.15) is 18.2 Å². The van der Waals surface area contributed by atoms with E-state index in [-0.39, 0.29) is 5.82 Å². The highest BCUT2D eigenvalue weighted by atomic mass is 19.4. The number of alkyl halides is 3. The second-order valence-electron chi connectivity index (χ2n) is 6.78. The van der Waals surface area contributed by atoms with Gasteiger partial charge in [-0.15, -0.1) is 0 Å². The number of fused-ring (bicyclic) bond motifs is 1. The van der Waals surface area contributed by atoms with E-state index in [1.54, 1.807) is 24.7 Å². The van der Waals surface area contributed by atoms with Crippen LogP contribution in [0.1, 0.15) is 11.5 Å². The van der Waals surface area contributed by atoms with E-state index in [1.165, 1.54) is 12.3 Å². The maximum Gasteiger partial charge on any atom is 0.471 e. The van der Waals surface area contributed by atoms with Crippen molar-refractivity contribution >= 4 is 10.9 Å². The lowest BCUT2D eigenvalue weighted by Gasteiger charge is -2.07. The minimum atomic E-state index is -4.70. The molecule has 10 heteroatoms. The average Bonchev–Trinajstić information content (AvgIpc) is 3.42. The highest BCUT2D eigenvalue weighted by Crippen LogP contribution is 2.30. The smallest absolute Gasteiger partial charge is 0.343 e. The summed E-state index contributed by atoms with van der Waals surface area (Å²) in [6.07, 6.45) is 3.96. The fourth-order valence-corrected chi connectivity index (χ4v) is 3.21. The molecule has 0 spiro atoms. The topological polar surface area (TPSA) is 82.5 Å². The van der Waals surface area contributed by atoms with Gasteiger partial charge in [0.2, 0.25) is 5.82 Å². The monoisotopic (exact) mass is 422 g/mol. The first-order valence-corrected chi connectivity index (χ1v) is 9.19. The molecular weight excluding hydrogens is 409 g/mol. The van der Waals surface area contributed by atoms with E-state index in [2.05, 4.69) is 34.2 Å². The van der Waals surface area contributed by atoms with Gasteiger partial charge in [0.1, 0.15) is 0 Å². The van der Waals surface area contributed by atoms with E-state index < -0.39 is 12.1 Å². The molecule has 0 aromatic carbocycles. The Morgan fingerprint density at radius 2 is 1.74 bits per heavy atom. The van der Waals surface area contributed by atoms with Crippen molar-refractivity contribution in [2.75, 3.05) is 0 Å². The van der Waals surface area contributed by atoms with Crippen LogP contribution in [-0.2, 0) is 12.7 Å². The minimum Gasteiger partial charge on any atom is -0.343 e. The molecule has 5 rings (SSSR count). The summed E-state index contributed by atoms with van der Waals surface area (Å²) in [7, 11) is 0. The predicted octanol–water partition coefficient (Wildman–Crippen LogP) is 4.61. The fourth-order valence-electron chi connectivity index (χ4n) is 3.21. The van der Waals surface area contributed by atoms with Crippen LogP contribution in [0.25, 0.3) is 33.7 Å². The molecule has 0 aliphatic carbocycles. The number of pyridine rings is 3. The number of rotatable bonds is 4. The van der Waals surface area contributed by atoms with E-state index in [4.69, 9.17) is 0 Å². The fraction of sp³-hybridized carbons (Fsp3) is 0.0952. The van der Waals surface area contributed by atoms with Gasteiger partial charge >= 0.3 is 12.1 Å². The molecule has 0 aliphatic rings. The van der Waals surface area contributed by atoms with Crippen molar-refractivity contribution in [1.82, 2.24) is 29.7 Å². The van der Waals surface area contributed by atoms with Crippen LogP contribution in [0, 0.1) is 0 Å². The Labute approximate surface area is 173 Å². The molecule has 0 saturated carbocycles. The zero-order valence-electron chi connectivity index (χ0n) is 15.8. The van der Waals surface area contributed by atoms with E-state index >= 15 is 0 Å². The molecule has 5 aromatic heterocycles. The van der Waals surface area contributed by atoms with Crippen LogP contribution in [0.4, 0.5) is 13.2 Å². The second kappa shape index (κ2) is 7.31. The third kappa shape index (κ3) is 3.75. The Hall–Kier alpha value is -4.08. The maximum atomic E-state index is 12.7. The molecule has 0 saturated heterocycles. The quantitative estimate of drug-likeness (QED) is 0.421. The third-order valence-electron chi connectivity index (χ3n) is 4.71. The number of hydrogen-bond donors (Lipinski definition) is 0. The van der Waals surface area contributed by atoms with E-state index in [0.717, 1.165) is 16.5 Å². The summed E-state index contributed by atoms with van der Waals surface area (Å²) < 4.78 is 44.6. The van der Waals surface area contributed by atoms with Gasteiger partial charge in [-0.05, 0) is 42.0 Å². The van der Waals surface area contributed by atoms with Crippen molar-refractivity contribution < 1.29 is 17.7 Å². The zero-order valence-corrected chi connectivity index (χ0v) is 15.8. The molecule has 0 unspecified atom stereocenters. The highest BCUT2D eigenvalue weighted by Gasteiger charge is 2.38. The van der Waals surface area contributed by atoms with Crippen LogP contribution in [0.5, 0.6) is 0 Å². The van der Waals surface area contributed by atoms with Gasteiger partial charge in [0.05, 0.1) is 16.9 Å². The summed E-state index contributed by atoms with van der Waals surface area (Å²) in [5, 5.41) is 4.39. The Bertz CT molecular complexity index is 1360. The van der Waals surface area contributed by atoms with Crippen LogP contribution in [0.3, 0.4) is 0 Å². The van der Waals surface area contributed by atoms with Crippen molar-refractivity contribution in [3.05, 3.63) is 78.8 Å². The zero-order chi connectivity index (χ0) is 21.4. The van der Waals surface area contributed by atoms with Crippen molar-refractivity contribution in [2.45, 2.75) is 12.7 Å². The van der Waals surface area contributed by atoms with Crippen molar-refractivity contribution in [3.8, 4) is 22.8 Å². The molecule has 7 nitrogen and oxygen atoms in total. The third-order valence-corrected chi connectivity index (χ3v) is 4.71. The molecule has 0 atom stereocenters. The average molecular weight is 422 g/mol. The highest BCUT2D eigenvalue weighted by molar-refractivity contribution is 5.83. The molecule has 5 heterocycles. The molecule has 31 heavy (non-hydrogen) atoms. The standard InChI is InChI=1S/C21H13F3N6O/c22-21(23,24)20-28-19(29-31-20)14-3-7-26-16(9-14)17-10-18-15(11-27-17)4-8-30(18)12-13-1-5-25-6-2-13/h1-11H,12H2. The lowest BCUT2D eigenvalue weighted by atomic mass is 10.1. The Morgan fingerprint density at radius 1 is 0.935 bits per heavy atom. The molecule has 0 aliphatic heterocycles. The molecule has 5 aromatic rings. The second-order valence-corrected chi connectivity index (χ2v) is 6.78. The number of aromatic nitrogens is 6. The van der Waals surface area contributed by atoms with Gasteiger partial charge < -0.3 is 9.09 Å². The van der Waals surface area contributed by atoms with Crippen LogP contribution < -0.4 is 0 Å². The maximum absolute atomic E-state index is 12.7. The molecule has 154 valence electrons. The van der Waals surface area contributed by atoms with Gasteiger partial charge in [-0.3, -0.25) is 15.0 Å². The molecule has 0 radical (unpaired) electrons. The normalized spacial score (nSPS) is 11.8. The summed E-state index contributed by atoms with van der Waals surface area (Å²) in [4.78, 5) is 16.2. The molecule has 0 amide bonds. The lowest BCUT2D eigenvalue weighted by molar-refractivity contribution is -0.159. The summed E-state index contributed by atoms with van der Waals surface area (Å²) in [6.45, 7) is 0.659. The Kier molecular flexibility index (Phi) is 4.46. The SMILES string of the molecule is FC(F)(F)c1nc(-c2ccnc(-c3cc4c(ccn4Cc4ccncc4)cn3)c2)no1. The lowest BCUT2D eigenvalue weighted by Crippen LogP contribution is -2.04. The Balaban J connectivity index is 1.50. The number of nitrogens with zero attached hydrogens (tertiary/aromatic N) is 6. The van der Waals surface area contributed by atoms with Crippen LogP contribution in [-0.4, -0.2) is 29.7 Å². The van der Waals surface area contributed by atoms with Crippen molar-refractivity contribution in [1.29, 1.82) is 0 Å². The molecular formula is C21H13F3N6O. The molecule has 0 fully saturated rings. The summed E-state index contributed by atoms with van der Waals surface area (Å²) in [6, 6.07) is 10.8. The first-order chi connectivity index (χ1) is 15.0. The van der Waals surface area contributed by atoms with Crippen molar-refractivity contribution in [3.63, 3.8) is 0 Å². The van der Waals surface area contributed by atoms with Crippen molar-refractivity contribution in [2.24, 2.45) is 0 Å². The largest absolute Gasteiger partial charge is 0.471 e. The van der Waals surface area contributed by atoms with Gasteiger partial charge in [0.25, 0.3) is 0 Å². The van der Waals surface area contributed by atoms with Crippen LogP contribution in [0.2, 0.25) is 0 Å². The van der Waals surface area contributed by atoms with Gasteiger partial charge in [-0.25, -0.2) is 0 Å². The Morgan fingerprint density at radius 3 is 2.52 bits per heavy atom. The van der Waals surface area contributed by atoms with E-state index in [0.29, 0.717) is 23.5 Å². The first-order valence-electron chi connectivity index (χ1n) is 9.19. The minimum absolute atomic E-state index is 0.168. The van der Waals surface area contributed by atoms with Gasteiger partial charge in [-0.1, -0.05) is 5.16 Å². The van der Waals surface area contributed by atoms with Crippen LogP contribution >= 0.6 is 0 Å². The number of halogens is 3. The van der Waals surface area contributed by atoms with E-state index in [1.807, 2.05) is 30.5 Å². The number of hydrogen-bond acceptors (Lipinski definition) is 6. The van der Waals surface area contributed by atoms with Gasteiger partial charge in [0, 0.05) is 48.5 Å². The van der Waals surface area contributed by atoms with Crippen LogP contribution in [0.15, 0.2) is 71.9 Å². The predicted molar refractivity (Wildman–Crippen MR) is 105 cm³/mol. The molecule has 0 bridgehead atoms. The first kappa shape index (κ1) is 18.9. The molecule has 0 N–H and O–H groups in total. The van der Waals surface area contributed by atoms with Gasteiger partial charge in [0.15, 0.2) is 0 Å². The summed E-state index contributed by atoms with van der Waals surface area (Å²) in [5.41, 5.74) is 3.45. The summed E-state index contributed by atoms with van der Waals surface area (Å²) in [5.74, 6) is -1.56. The van der Waals surface area contributed by atoms with E-state index in [9.17, 15) is 13.2 Å². The summed E-state index contributed by atoms with van der Waals surface area (Å²) >= 11 is 0.